The van der Waals surface area contributed by atoms with Gasteiger partial charge in [0, 0.05) is 43.4 Å². The molecule has 2 N–H and O–H groups in total. The van der Waals surface area contributed by atoms with Crippen molar-refractivity contribution in [1.82, 2.24) is 0 Å². The number of aliphatic carboxylic acids is 1. The maximum Gasteiger partial charge on any atom is 0.304 e. The highest BCUT2D eigenvalue weighted by atomic mass is 32.2. The Morgan fingerprint density at radius 3 is 2.63 bits per heavy atom. The van der Waals surface area contributed by atoms with Gasteiger partial charge in [-0.3, -0.25) is 9.35 Å². The normalized spacial score (nSPS) is 21.8. The van der Waals surface area contributed by atoms with Crippen molar-refractivity contribution in [1.29, 1.82) is 0 Å². The van der Waals surface area contributed by atoms with E-state index in [2.05, 4.69) is 45.9 Å². The lowest BCUT2D eigenvalue weighted by molar-refractivity contribution is -0.444. The zero-order valence-corrected chi connectivity index (χ0v) is 24.5. The lowest BCUT2D eigenvalue weighted by Gasteiger charge is -2.33. The molecular formula is C32H35N2O6S+. The van der Waals surface area contributed by atoms with Gasteiger partial charge in [0.2, 0.25) is 5.69 Å². The molecule has 0 aromatic heterocycles. The van der Waals surface area contributed by atoms with Gasteiger partial charge in [0.25, 0.3) is 10.1 Å². The molecule has 41 heavy (non-hydrogen) atoms. The third kappa shape index (κ3) is 4.71. The minimum atomic E-state index is -4.11. The summed E-state index contributed by atoms with van der Waals surface area (Å²) in [7, 11) is -0.0702. The molecule has 3 atom stereocenters. The number of nitrogens with zero attached hydrogens (tertiary/aromatic N) is 2. The molecule has 3 aliphatic heterocycles. The van der Waals surface area contributed by atoms with E-state index in [0.29, 0.717) is 13.0 Å². The van der Waals surface area contributed by atoms with Gasteiger partial charge in [-0.1, -0.05) is 12.1 Å². The van der Waals surface area contributed by atoms with Gasteiger partial charge in [-0.25, -0.2) is 0 Å². The predicted octanol–water partition coefficient (Wildman–Crippen LogP) is 5.19. The van der Waals surface area contributed by atoms with Crippen LogP contribution in [0.1, 0.15) is 49.8 Å². The van der Waals surface area contributed by atoms with E-state index < -0.39 is 26.8 Å². The second kappa shape index (κ2) is 9.70. The van der Waals surface area contributed by atoms with Crippen LogP contribution in [0.15, 0.2) is 54.1 Å². The first kappa shape index (κ1) is 27.5. The fraction of sp³-hybridized carbons (Fsp3) is 0.375. The molecule has 0 amide bonds. The third-order valence-electron chi connectivity index (χ3n) is 8.88. The molecule has 214 valence electrons. The molecule has 0 saturated carbocycles. The number of fused-ring (bicyclic) bond motifs is 6. The number of carboxylic acids is 1. The second-order valence-electron chi connectivity index (χ2n) is 11.9. The van der Waals surface area contributed by atoms with Crippen LogP contribution in [0.4, 0.5) is 11.4 Å². The number of carboxylic acid groups (broad SMARTS) is 1. The first-order valence-electron chi connectivity index (χ1n) is 14.0. The number of anilines is 1. The number of carbonyl (C=O) groups is 1. The van der Waals surface area contributed by atoms with Crippen LogP contribution in [-0.4, -0.2) is 66.3 Å². The zero-order chi connectivity index (χ0) is 29.3. The molecule has 0 saturated heterocycles. The largest absolute Gasteiger partial charge is 0.485 e. The smallest absolute Gasteiger partial charge is 0.304 e. The minimum absolute atomic E-state index is 0.0847. The molecule has 6 rings (SSSR count). The number of hydrogen-bond acceptors (Lipinski definition) is 5. The van der Waals surface area contributed by atoms with Crippen molar-refractivity contribution in [2.45, 2.75) is 56.3 Å². The van der Waals surface area contributed by atoms with E-state index in [9.17, 15) is 22.9 Å². The van der Waals surface area contributed by atoms with Gasteiger partial charge < -0.3 is 14.7 Å². The van der Waals surface area contributed by atoms with E-state index in [1.807, 2.05) is 39.2 Å². The van der Waals surface area contributed by atoms with E-state index in [1.165, 1.54) is 6.92 Å². The Kier molecular flexibility index (Phi) is 6.50. The average molecular weight is 576 g/mol. The summed E-state index contributed by atoms with van der Waals surface area (Å²) >= 11 is 0. The Hall–Kier alpha value is -3.69. The highest BCUT2D eigenvalue weighted by molar-refractivity contribution is 7.86. The van der Waals surface area contributed by atoms with E-state index in [4.69, 9.17) is 4.74 Å². The molecular weight excluding hydrogens is 540 g/mol. The quantitative estimate of drug-likeness (QED) is 0.295. The number of ether oxygens (including phenoxy) is 1. The van der Waals surface area contributed by atoms with Crippen LogP contribution in [0.5, 0.6) is 5.75 Å². The summed E-state index contributed by atoms with van der Waals surface area (Å²) in [5.41, 5.74) is 6.09. The van der Waals surface area contributed by atoms with E-state index in [-0.39, 0.29) is 18.9 Å². The zero-order valence-electron chi connectivity index (χ0n) is 23.7. The van der Waals surface area contributed by atoms with Crippen molar-refractivity contribution in [3.05, 3.63) is 70.8 Å². The monoisotopic (exact) mass is 575 g/mol. The van der Waals surface area contributed by atoms with Crippen LogP contribution < -0.4 is 9.64 Å². The van der Waals surface area contributed by atoms with Crippen molar-refractivity contribution in [3.63, 3.8) is 0 Å². The standard InChI is InChI=1S/C32H34N2O6S/c1-19(41(37,38)39)5-6-20-7-10-27-26(13-20)32(2,18-30(35)36)31-25-16-23-14-21-8-9-24(33(3)4)15-22(21)17-29(23)40-28(25)11-12-34(27)31/h7-10,13-17,19,28H,5-6,11-12,18H2,1-4H3,(H-,35,36,37,38,39)/p+1. The fourth-order valence-electron chi connectivity index (χ4n) is 6.60. The Morgan fingerprint density at radius 1 is 1.15 bits per heavy atom. The van der Waals surface area contributed by atoms with Crippen molar-refractivity contribution in [2.24, 2.45) is 0 Å². The Morgan fingerprint density at radius 2 is 1.93 bits per heavy atom. The van der Waals surface area contributed by atoms with Crippen LogP contribution in [0.25, 0.3) is 16.8 Å². The number of aryl methyl sites for hydroxylation is 1. The lowest BCUT2D eigenvalue weighted by Crippen LogP contribution is -2.45. The van der Waals surface area contributed by atoms with Gasteiger partial charge in [0.1, 0.15) is 11.9 Å². The summed E-state index contributed by atoms with van der Waals surface area (Å²) in [5, 5.41) is 11.4. The summed E-state index contributed by atoms with van der Waals surface area (Å²) in [6.07, 6.45) is 3.40. The molecule has 0 spiro atoms. The van der Waals surface area contributed by atoms with Gasteiger partial charge >= 0.3 is 5.97 Å². The Bertz CT molecular complexity index is 1770. The lowest BCUT2D eigenvalue weighted by atomic mass is 9.72. The molecule has 3 aromatic rings. The molecule has 3 aromatic carbocycles. The summed E-state index contributed by atoms with van der Waals surface area (Å²) in [6, 6.07) is 16.6. The van der Waals surface area contributed by atoms with Crippen molar-refractivity contribution in [3.8, 4) is 5.75 Å². The molecule has 9 heteroatoms. The highest BCUT2D eigenvalue weighted by Crippen LogP contribution is 2.49. The van der Waals surface area contributed by atoms with Gasteiger partial charge in [-0.15, -0.1) is 0 Å². The molecule has 3 heterocycles. The maximum atomic E-state index is 12.3. The SMILES string of the molecule is CC(CCc1ccc2c(c1)C(C)(CC(=O)O)C1=[N+]2CCC2Oc3cc4cc(N(C)C)ccc4cc3C=C12)S(=O)(=O)O. The summed E-state index contributed by atoms with van der Waals surface area (Å²) < 4.78 is 41.3. The van der Waals surface area contributed by atoms with Gasteiger partial charge in [-0.2, -0.15) is 13.0 Å². The average Bonchev–Trinajstić information content (AvgIpc) is 3.15. The molecule has 3 aliphatic rings. The highest BCUT2D eigenvalue weighted by Gasteiger charge is 2.55. The number of rotatable bonds is 7. The Labute approximate surface area is 240 Å². The first-order chi connectivity index (χ1) is 19.3. The molecule has 8 nitrogen and oxygen atoms in total. The molecule has 0 bridgehead atoms. The molecule has 0 radical (unpaired) electrons. The topological polar surface area (TPSA) is 107 Å². The van der Waals surface area contributed by atoms with Crippen molar-refractivity contribution < 1.29 is 32.2 Å². The van der Waals surface area contributed by atoms with E-state index >= 15 is 0 Å². The molecule has 0 aliphatic carbocycles. The van der Waals surface area contributed by atoms with Gasteiger partial charge in [-0.05, 0) is 79.4 Å². The van der Waals surface area contributed by atoms with Crippen LogP contribution in [-0.2, 0) is 26.7 Å². The number of hydrogen-bond donors (Lipinski definition) is 2. The summed E-state index contributed by atoms with van der Waals surface area (Å²) in [5.74, 6) is -0.0531. The maximum absolute atomic E-state index is 12.3. The van der Waals surface area contributed by atoms with Crippen molar-refractivity contribution >= 4 is 50.0 Å². The second-order valence-corrected chi connectivity index (χ2v) is 13.8. The fourth-order valence-corrected chi connectivity index (χ4v) is 7.02. The van der Waals surface area contributed by atoms with Crippen molar-refractivity contribution in [2.75, 3.05) is 25.5 Å². The third-order valence-corrected chi connectivity index (χ3v) is 10.1. The van der Waals surface area contributed by atoms with Crippen LogP contribution in [0, 0.1) is 0 Å². The van der Waals surface area contributed by atoms with Crippen LogP contribution in [0.2, 0.25) is 0 Å². The van der Waals surface area contributed by atoms with Crippen LogP contribution >= 0.6 is 0 Å². The predicted molar refractivity (Wildman–Crippen MR) is 160 cm³/mol. The van der Waals surface area contributed by atoms with E-state index in [1.54, 1.807) is 0 Å². The van der Waals surface area contributed by atoms with E-state index in [0.717, 1.165) is 62.3 Å². The summed E-state index contributed by atoms with van der Waals surface area (Å²) in [4.78, 5) is 14.3. The first-order valence-corrected chi connectivity index (χ1v) is 15.5. The molecule has 0 fully saturated rings. The van der Waals surface area contributed by atoms with Gasteiger partial charge in [0.05, 0.1) is 22.7 Å². The van der Waals surface area contributed by atoms with Crippen LogP contribution in [0.3, 0.4) is 0 Å². The Balaban J connectivity index is 1.42. The minimum Gasteiger partial charge on any atom is -0.485 e. The summed E-state index contributed by atoms with van der Waals surface area (Å²) in [6.45, 7) is 4.18. The molecule has 3 unspecified atom stereocenters. The van der Waals surface area contributed by atoms with Gasteiger partial charge in [0.15, 0.2) is 12.3 Å². The number of benzene rings is 3.